The third kappa shape index (κ3) is 8.16. The van der Waals surface area contributed by atoms with E-state index in [1.54, 1.807) is 4.90 Å². The second-order valence-electron chi connectivity index (χ2n) is 11.0. The van der Waals surface area contributed by atoms with Gasteiger partial charge in [-0.25, -0.2) is 4.79 Å². The highest BCUT2D eigenvalue weighted by molar-refractivity contribution is 6.67. The number of amides is 2. The van der Waals surface area contributed by atoms with Crippen molar-refractivity contribution in [3.63, 3.8) is 0 Å². The van der Waals surface area contributed by atoms with Crippen LogP contribution in [0.25, 0.3) is 0 Å². The van der Waals surface area contributed by atoms with Gasteiger partial charge in [0.2, 0.25) is 9.70 Å². The molecule has 0 radical (unpaired) electrons. The lowest BCUT2D eigenvalue weighted by atomic mass is 10.1. The standard InChI is InChI=1S/C33H34Cl3N5O3/c34-33(35,36)24-44-32(43)41(22-26-11-5-2-6-12-26)28-19-30(40(23-28)21-25-9-3-1-4-10-25)31(42)39-17-15-38(16-18-39)29-14-8-7-13-27(29)20-37/h1-14,28,30H,15-19,21-24H2/t28-,30-/m0/s1. The van der Waals surface area contributed by atoms with Crippen LogP contribution in [0, 0.1) is 11.3 Å². The van der Waals surface area contributed by atoms with Gasteiger partial charge in [0.05, 0.1) is 23.3 Å². The van der Waals surface area contributed by atoms with Crippen LogP contribution in [0.4, 0.5) is 10.5 Å². The fourth-order valence-corrected chi connectivity index (χ4v) is 6.09. The maximum absolute atomic E-state index is 14.1. The SMILES string of the molecule is N#Cc1ccccc1N1CCN(C(=O)[C@@H]2C[C@H](N(Cc3ccccc3)C(=O)OCC(Cl)(Cl)Cl)CN2Cc2ccccc2)CC1. The summed E-state index contributed by atoms with van der Waals surface area (Å²) < 4.78 is 3.70. The molecule has 2 aliphatic rings. The third-order valence-electron chi connectivity index (χ3n) is 8.08. The van der Waals surface area contributed by atoms with E-state index in [-0.39, 0.29) is 18.6 Å². The number of nitrogens with zero attached hydrogens (tertiary/aromatic N) is 5. The molecule has 2 aliphatic heterocycles. The Kier molecular flexibility index (Phi) is 10.5. The molecule has 2 saturated heterocycles. The summed E-state index contributed by atoms with van der Waals surface area (Å²) in [5, 5.41) is 9.56. The molecule has 3 aromatic rings. The minimum Gasteiger partial charge on any atom is -0.445 e. The number of carbonyl (C=O) groups excluding carboxylic acids is 2. The fraction of sp³-hybridized carbons (Fsp3) is 0.364. The number of rotatable bonds is 8. The van der Waals surface area contributed by atoms with Crippen molar-refractivity contribution in [1.29, 1.82) is 5.26 Å². The Morgan fingerprint density at radius 2 is 1.50 bits per heavy atom. The van der Waals surface area contributed by atoms with Crippen LogP contribution in [0.15, 0.2) is 84.9 Å². The minimum atomic E-state index is -1.74. The van der Waals surface area contributed by atoms with E-state index in [2.05, 4.69) is 15.9 Å². The summed E-state index contributed by atoms with van der Waals surface area (Å²) in [5.41, 5.74) is 3.52. The van der Waals surface area contributed by atoms with Crippen LogP contribution in [0.1, 0.15) is 23.1 Å². The van der Waals surface area contributed by atoms with E-state index in [9.17, 15) is 14.9 Å². The van der Waals surface area contributed by atoms with Gasteiger partial charge in [-0.3, -0.25) is 14.6 Å². The fourth-order valence-electron chi connectivity index (χ4n) is 5.93. The zero-order chi connectivity index (χ0) is 31.1. The molecular formula is C33H34Cl3N5O3. The first-order valence-electron chi connectivity index (χ1n) is 14.6. The van der Waals surface area contributed by atoms with Crippen molar-refractivity contribution in [2.45, 2.75) is 35.4 Å². The van der Waals surface area contributed by atoms with Crippen LogP contribution in [0.2, 0.25) is 0 Å². The zero-order valence-corrected chi connectivity index (χ0v) is 26.5. The molecule has 2 heterocycles. The molecule has 0 spiro atoms. The topological polar surface area (TPSA) is 80.1 Å². The minimum absolute atomic E-state index is 0.0333. The van der Waals surface area contributed by atoms with Gasteiger partial charge in [-0.05, 0) is 29.7 Å². The molecule has 3 aromatic carbocycles. The maximum atomic E-state index is 14.1. The average Bonchev–Trinajstić information content (AvgIpc) is 3.46. The molecule has 2 fully saturated rings. The molecule has 11 heteroatoms. The zero-order valence-electron chi connectivity index (χ0n) is 24.2. The van der Waals surface area contributed by atoms with Crippen LogP contribution in [-0.2, 0) is 22.6 Å². The van der Waals surface area contributed by atoms with Gasteiger partial charge in [0.25, 0.3) is 0 Å². The summed E-state index contributed by atoms with van der Waals surface area (Å²) in [4.78, 5) is 35.4. The number of carbonyl (C=O) groups is 2. The Balaban J connectivity index is 1.35. The molecular weight excluding hydrogens is 621 g/mol. The van der Waals surface area contributed by atoms with Crippen LogP contribution < -0.4 is 4.90 Å². The summed E-state index contributed by atoms with van der Waals surface area (Å²) in [6, 6.07) is 28.7. The molecule has 2 amide bonds. The van der Waals surface area contributed by atoms with E-state index in [1.165, 1.54) is 0 Å². The van der Waals surface area contributed by atoms with Crippen molar-refractivity contribution in [3.05, 3.63) is 102 Å². The molecule has 2 atom stereocenters. The van der Waals surface area contributed by atoms with Crippen LogP contribution in [0.3, 0.4) is 0 Å². The Bertz CT molecular complexity index is 1460. The number of hydrogen-bond donors (Lipinski definition) is 0. The molecule has 44 heavy (non-hydrogen) atoms. The summed E-state index contributed by atoms with van der Waals surface area (Å²) >= 11 is 17.7. The normalized spacial score (nSPS) is 19.0. The number of nitriles is 1. The number of para-hydroxylation sites is 1. The van der Waals surface area contributed by atoms with E-state index in [4.69, 9.17) is 39.5 Å². The summed E-state index contributed by atoms with van der Waals surface area (Å²) in [7, 11) is 0. The summed E-state index contributed by atoms with van der Waals surface area (Å²) in [5.74, 6) is 0.0333. The number of benzene rings is 3. The smallest absolute Gasteiger partial charge is 0.410 e. The molecule has 5 rings (SSSR count). The van der Waals surface area contributed by atoms with Gasteiger partial charge in [0, 0.05) is 45.8 Å². The largest absolute Gasteiger partial charge is 0.445 e. The first-order valence-corrected chi connectivity index (χ1v) is 15.7. The third-order valence-corrected chi connectivity index (χ3v) is 8.41. The molecule has 0 N–H and O–H groups in total. The highest BCUT2D eigenvalue weighted by atomic mass is 35.6. The van der Waals surface area contributed by atoms with E-state index < -0.39 is 15.9 Å². The lowest BCUT2D eigenvalue weighted by Crippen LogP contribution is -2.53. The first-order chi connectivity index (χ1) is 21.2. The average molecular weight is 655 g/mol. The number of likely N-dealkylation sites (tertiary alicyclic amines) is 1. The molecule has 0 bridgehead atoms. The Morgan fingerprint density at radius 1 is 0.886 bits per heavy atom. The van der Waals surface area contributed by atoms with E-state index >= 15 is 0 Å². The quantitative estimate of drug-likeness (QED) is 0.283. The van der Waals surface area contributed by atoms with Crippen LogP contribution >= 0.6 is 34.8 Å². The Hall–Kier alpha value is -3.48. The molecule has 0 saturated carbocycles. The van der Waals surface area contributed by atoms with Gasteiger partial charge in [-0.1, -0.05) is 108 Å². The lowest BCUT2D eigenvalue weighted by Gasteiger charge is -2.38. The molecule has 0 aromatic heterocycles. The number of ether oxygens (including phenoxy) is 1. The number of halogens is 3. The number of piperazine rings is 1. The van der Waals surface area contributed by atoms with Crippen molar-refractivity contribution in [2.24, 2.45) is 0 Å². The van der Waals surface area contributed by atoms with Gasteiger partial charge in [0.1, 0.15) is 12.7 Å². The van der Waals surface area contributed by atoms with Crippen molar-refractivity contribution in [1.82, 2.24) is 14.7 Å². The van der Waals surface area contributed by atoms with Crippen LogP contribution in [-0.4, -0.2) is 81.9 Å². The predicted octanol–water partition coefficient (Wildman–Crippen LogP) is 5.86. The van der Waals surface area contributed by atoms with E-state index in [1.807, 2.05) is 89.8 Å². The lowest BCUT2D eigenvalue weighted by molar-refractivity contribution is -0.136. The van der Waals surface area contributed by atoms with Crippen molar-refractivity contribution < 1.29 is 14.3 Å². The number of alkyl halides is 3. The van der Waals surface area contributed by atoms with E-state index in [0.29, 0.717) is 57.8 Å². The Morgan fingerprint density at radius 3 is 2.14 bits per heavy atom. The molecule has 230 valence electrons. The van der Waals surface area contributed by atoms with Crippen molar-refractivity contribution in [3.8, 4) is 6.07 Å². The monoisotopic (exact) mass is 653 g/mol. The summed E-state index contributed by atoms with van der Waals surface area (Å²) in [6.07, 6.45) is -0.151. The van der Waals surface area contributed by atoms with Gasteiger partial charge in [-0.15, -0.1) is 0 Å². The molecule has 0 aliphatic carbocycles. The van der Waals surface area contributed by atoms with Crippen molar-refractivity contribution in [2.75, 3.05) is 44.2 Å². The first kappa shape index (κ1) is 31.9. The molecule has 0 unspecified atom stereocenters. The van der Waals surface area contributed by atoms with Gasteiger partial charge in [0.15, 0.2) is 0 Å². The van der Waals surface area contributed by atoms with Crippen molar-refractivity contribution >= 4 is 52.5 Å². The van der Waals surface area contributed by atoms with E-state index in [0.717, 1.165) is 16.8 Å². The van der Waals surface area contributed by atoms with Gasteiger partial charge < -0.3 is 14.5 Å². The highest BCUT2D eigenvalue weighted by Gasteiger charge is 2.43. The molecule has 8 nitrogen and oxygen atoms in total. The van der Waals surface area contributed by atoms with Gasteiger partial charge in [-0.2, -0.15) is 5.26 Å². The number of hydrogen-bond acceptors (Lipinski definition) is 6. The maximum Gasteiger partial charge on any atom is 0.410 e. The Labute approximate surface area is 273 Å². The van der Waals surface area contributed by atoms with Crippen LogP contribution in [0.5, 0.6) is 0 Å². The number of anilines is 1. The second-order valence-corrected chi connectivity index (χ2v) is 13.6. The summed E-state index contributed by atoms with van der Waals surface area (Å²) in [6.45, 7) is 3.29. The van der Waals surface area contributed by atoms with Gasteiger partial charge >= 0.3 is 6.09 Å². The second kappa shape index (κ2) is 14.5. The predicted molar refractivity (Wildman–Crippen MR) is 173 cm³/mol. The highest BCUT2D eigenvalue weighted by Crippen LogP contribution is 2.30.